The lowest BCUT2D eigenvalue weighted by atomic mass is 10.2. The van der Waals surface area contributed by atoms with Gasteiger partial charge in [0.15, 0.2) is 0 Å². The minimum atomic E-state index is -3.63. The molecule has 0 aliphatic heterocycles. The number of sulfonamides is 1. The lowest BCUT2D eigenvalue weighted by molar-refractivity contribution is 0.0449. The van der Waals surface area contributed by atoms with Crippen LogP contribution in [0.15, 0.2) is 57.9 Å². The molecule has 0 bridgehead atoms. The second kappa shape index (κ2) is 8.20. The second-order valence-electron chi connectivity index (χ2n) is 5.83. The number of benzene rings is 2. The van der Waals surface area contributed by atoms with Gasteiger partial charge in [0.05, 0.1) is 10.5 Å². The smallest absolute Gasteiger partial charge is 0.339 e. The SMILES string of the molecule is O=C(OCCOc1ccccc1)c1cc(S(=O)(=O)NC2CC2)ccc1Br. The normalized spacial score (nSPS) is 14.0. The number of para-hydroxylation sites is 1. The fourth-order valence-electron chi connectivity index (χ4n) is 2.20. The van der Waals surface area contributed by atoms with Crippen molar-refractivity contribution in [1.82, 2.24) is 4.72 Å². The fourth-order valence-corrected chi connectivity index (χ4v) is 3.94. The van der Waals surface area contributed by atoms with Crippen molar-refractivity contribution in [2.75, 3.05) is 13.2 Å². The van der Waals surface area contributed by atoms with Crippen LogP contribution in [0.2, 0.25) is 0 Å². The summed E-state index contributed by atoms with van der Waals surface area (Å²) in [6.45, 7) is 0.256. The number of hydrogen-bond donors (Lipinski definition) is 1. The van der Waals surface area contributed by atoms with E-state index in [1.807, 2.05) is 18.2 Å². The molecule has 6 nitrogen and oxygen atoms in total. The third-order valence-corrected chi connectivity index (χ3v) is 5.91. The van der Waals surface area contributed by atoms with Crippen LogP contribution in [0.25, 0.3) is 0 Å². The maximum atomic E-state index is 12.3. The summed E-state index contributed by atoms with van der Waals surface area (Å²) in [7, 11) is -3.63. The molecule has 3 rings (SSSR count). The number of halogens is 1. The first kappa shape index (κ1) is 18.9. The molecule has 2 aromatic carbocycles. The van der Waals surface area contributed by atoms with Gasteiger partial charge >= 0.3 is 5.97 Å². The van der Waals surface area contributed by atoms with Gasteiger partial charge in [-0.2, -0.15) is 0 Å². The van der Waals surface area contributed by atoms with Gasteiger partial charge in [0.2, 0.25) is 10.0 Å². The molecule has 0 radical (unpaired) electrons. The van der Waals surface area contributed by atoms with Crippen LogP contribution >= 0.6 is 15.9 Å². The van der Waals surface area contributed by atoms with Crippen molar-refractivity contribution in [3.63, 3.8) is 0 Å². The van der Waals surface area contributed by atoms with Crippen molar-refractivity contribution in [3.05, 3.63) is 58.6 Å². The monoisotopic (exact) mass is 439 g/mol. The summed E-state index contributed by atoms with van der Waals surface area (Å²) in [6.07, 6.45) is 1.68. The van der Waals surface area contributed by atoms with E-state index in [-0.39, 0.29) is 29.7 Å². The first-order valence-electron chi connectivity index (χ1n) is 8.12. The third kappa shape index (κ3) is 5.06. The van der Waals surface area contributed by atoms with Gasteiger partial charge in [0.1, 0.15) is 19.0 Å². The number of carbonyl (C=O) groups is 1. The zero-order valence-corrected chi connectivity index (χ0v) is 16.3. The van der Waals surface area contributed by atoms with Crippen molar-refractivity contribution in [2.24, 2.45) is 0 Å². The summed E-state index contributed by atoms with van der Waals surface area (Å²) in [5.74, 6) is 0.0704. The van der Waals surface area contributed by atoms with E-state index in [9.17, 15) is 13.2 Å². The molecule has 0 unspecified atom stereocenters. The Morgan fingerprint density at radius 1 is 1.12 bits per heavy atom. The molecular weight excluding hydrogens is 422 g/mol. The highest BCUT2D eigenvalue weighted by Crippen LogP contribution is 2.25. The molecule has 1 saturated carbocycles. The lowest BCUT2D eigenvalue weighted by Crippen LogP contribution is -2.26. The van der Waals surface area contributed by atoms with Crippen LogP contribution in [0.1, 0.15) is 23.2 Å². The Kier molecular flexibility index (Phi) is 5.95. The molecule has 26 heavy (non-hydrogen) atoms. The van der Waals surface area contributed by atoms with Crippen LogP contribution in [-0.4, -0.2) is 33.6 Å². The molecule has 0 aromatic heterocycles. The number of esters is 1. The van der Waals surface area contributed by atoms with Gasteiger partial charge in [-0.05, 0) is 59.1 Å². The molecule has 1 aliphatic carbocycles. The summed E-state index contributed by atoms with van der Waals surface area (Å²) in [5.41, 5.74) is 0.156. The van der Waals surface area contributed by atoms with Crippen molar-refractivity contribution < 1.29 is 22.7 Å². The molecule has 0 spiro atoms. The first-order chi connectivity index (χ1) is 12.5. The van der Waals surface area contributed by atoms with E-state index in [4.69, 9.17) is 9.47 Å². The minimum absolute atomic E-state index is 0.00539. The zero-order valence-electron chi connectivity index (χ0n) is 13.9. The lowest BCUT2D eigenvalue weighted by Gasteiger charge is -2.10. The minimum Gasteiger partial charge on any atom is -0.490 e. The van der Waals surface area contributed by atoms with Gasteiger partial charge in [-0.25, -0.2) is 17.9 Å². The largest absolute Gasteiger partial charge is 0.490 e. The van der Waals surface area contributed by atoms with Crippen LogP contribution < -0.4 is 9.46 Å². The van der Waals surface area contributed by atoms with Gasteiger partial charge in [-0.3, -0.25) is 0 Å². The molecule has 0 atom stereocenters. The molecular formula is C18H18BrNO5S. The van der Waals surface area contributed by atoms with Gasteiger partial charge in [0, 0.05) is 10.5 Å². The number of carbonyl (C=O) groups excluding carboxylic acids is 1. The van der Waals surface area contributed by atoms with Gasteiger partial charge in [-0.1, -0.05) is 18.2 Å². The number of ether oxygens (including phenoxy) is 2. The van der Waals surface area contributed by atoms with Gasteiger partial charge in [0.25, 0.3) is 0 Å². The van der Waals surface area contributed by atoms with Crippen molar-refractivity contribution >= 4 is 31.9 Å². The molecule has 1 fully saturated rings. The van der Waals surface area contributed by atoms with Crippen LogP contribution in [-0.2, 0) is 14.8 Å². The molecule has 138 valence electrons. The highest BCUT2D eigenvalue weighted by Gasteiger charge is 2.28. The van der Waals surface area contributed by atoms with E-state index in [2.05, 4.69) is 20.7 Å². The molecule has 0 amide bonds. The van der Waals surface area contributed by atoms with Crippen molar-refractivity contribution in [1.29, 1.82) is 0 Å². The Hall–Kier alpha value is -1.90. The van der Waals surface area contributed by atoms with E-state index in [0.717, 1.165) is 12.8 Å². The fraction of sp³-hybridized carbons (Fsp3) is 0.278. The van der Waals surface area contributed by atoms with Crippen molar-refractivity contribution in [2.45, 2.75) is 23.8 Å². The standard InChI is InChI=1S/C18H18BrNO5S/c19-17-9-8-15(26(22,23)20-13-6-7-13)12-16(17)18(21)25-11-10-24-14-4-2-1-3-5-14/h1-5,8-9,12-13,20H,6-7,10-11H2. The Bertz CT molecular complexity index is 882. The Balaban J connectivity index is 1.60. The van der Waals surface area contributed by atoms with E-state index < -0.39 is 16.0 Å². The van der Waals surface area contributed by atoms with Crippen LogP contribution in [0.5, 0.6) is 5.75 Å². The quantitative estimate of drug-likeness (QED) is 0.504. The Morgan fingerprint density at radius 2 is 1.85 bits per heavy atom. The predicted molar refractivity (Wildman–Crippen MR) is 99.7 cm³/mol. The second-order valence-corrected chi connectivity index (χ2v) is 8.40. The average molecular weight is 440 g/mol. The molecule has 1 aliphatic rings. The van der Waals surface area contributed by atoms with E-state index in [1.165, 1.54) is 18.2 Å². The third-order valence-electron chi connectivity index (χ3n) is 3.70. The molecule has 1 N–H and O–H groups in total. The topological polar surface area (TPSA) is 81.7 Å². The molecule has 2 aromatic rings. The highest BCUT2D eigenvalue weighted by molar-refractivity contribution is 9.10. The van der Waals surface area contributed by atoms with E-state index in [1.54, 1.807) is 12.1 Å². The summed E-state index contributed by atoms with van der Waals surface area (Å²) < 4.78 is 38.3. The van der Waals surface area contributed by atoms with E-state index >= 15 is 0 Å². The van der Waals surface area contributed by atoms with Crippen LogP contribution in [0.3, 0.4) is 0 Å². The summed E-state index contributed by atoms with van der Waals surface area (Å²) in [4.78, 5) is 12.3. The summed E-state index contributed by atoms with van der Waals surface area (Å²) >= 11 is 3.26. The van der Waals surface area contributed by atoms with Crippen LogP contribution in [0.4, 0.5) is 0 Å². The zero-order chi connectivity index (χ0) is 18.6. The molecule has 0 saturated heterocycles. The molecule has 0 heterocycles. The van der Waals surface area contributed by atoms with Crippen molar-refractivity contribution in [3.8, 4) is 5.75 Å². The molecule has 8 heteroatoms. The average Bonchev–Trinajstić information content (AvgIpc) is 3.43. The number of hydrogen-bond acceptors (Lipinski definition) is 5. The summed E-state index contributed by atoms with van der Waals surface area (Å²) in [6, 6.07) is 13.5. The maximum Gasteiger partial charge on any atom is 0.339 e. The van der Waals surface area contributed by atoms with Gasteiger partial charge in [-0.15, -0.1) is 0 Å². The first-order valence-corrected chi connectivity index (χ1v) is 10.4. The summed E-state index contributed by atoms with van der Waals surface area (Å²) in [5, 5.41) is 0. The number of rotatable bonds is 8. The highest BCUT2D eigenvalue weighted by atomic mass is 79.9. The number of nitrogens with one attached hydrogen (secondary N) is 1. The maximum absolute atomic E-state index is 12.3. The predicted octanol–water partition coefficient (Wildman–Crippen LogP) is 3.13. The Morgan fingerprint density at radius 3 is 2.54 bits per heavy atom. The van der Waals surface area contributed by atoms with Crippen LogP contribution in [0, 0.1) is 0 Å². The van der Waals surface area contributed by atoms with E-state index in [0.29, 0.717) is 10.2 Å². The van der Waals surface area contributed by atoms with Gasteiger partial charge < -0.3 is 9.47 Å². The Labute approximate surface area is 160 Å².